The van der Waals surface area contributed by atoms with Crippen LogP contribution in [0.25, 0.3) is 0 Å². The first kappa shape index (κ1) is 12.4. The Bertz CT molecular complexity index is 233. The Morgan fingerprint density at radius 3 is 2.67 bits per heavy atom. The lowest BCUT2D eigenvalue weighted by molar-refractivity contribution is 0.251. The van der Waals surface area contributed by atoms with Crippen LogP contribution in [0.3, 0.4) is 0 Å². The average Bonchev–Trinajstić information content (AvgIpc) is 2.56. The molecule has 0 amide bonds. The molecule has 2 N–H and O–H groups in total. The number of nitrogens with two attached hydrogens (primary N) is 1. The van der Waals surface area contributed by atoms with Gasteiger partial charge in [-0.1, -0.05) is 6.92 Å². The van der Waals surface area contributed by atoms with E-state index in [-0.39, 0.29) is 6.04 Å². The van der Waals surface area contributed by atoms with Crippen LogP contribution in [-0.2, 0) is 0 Å². The van der Waals surface area contributed by atoms with Crippen LogP contribution < -0.4 is 5.73 Å². The molecule has 0 aliphatic carbocycles. The maximum atomic E-state index is 8.60. The molecule has 15 heavy (non-hydrogen) atoms. The monoisotopic (exact) mass is 210 g/mol. The van der Waals surface area contributed by atoms with Gasteiger partial charge in [-0.3, -0.25) is 0 Å². The van der Waals surface area contributed by atoms with Gasteiger partial charge >= 0.3 is 0 Å². The Balaban J connectivity index is 2.33. The van der Waals surface area contributed by atoms with Gasteiger partial charge in [0.25, 0.3) is 0 Å². The lowest BCUT2D eigenvalue weighted by Crippen LogP contribution is -2.35. The molecule has 0 saturated carbocycles. The Morgan fingerprint density at radius 1 is 1.53 bits per heavy atom. The summed E-state index contributed by atoms with van der Waals surface area (Å²) in [6.07, 6.45) is 0.781. The standard InChI is InChI=1S/C11H22N4/c1-9-7-15(5-4-10(13)6-12)8-11(9)14(2)3/h9-11H,4-5,7-8,13H2,1-3H3. The molecule has 1 aliphatic heterocycles. The summed E-state index contributed by atoms with van der Waals surface area (Å²) in [7, 11) is 4.26. The number of likely N-dealkylation sites (tertiary alicyclic amines) is 1. The third kappa shape index (κ3) is 3.45. The summed E-state index contributed by atoms with van der Waals surface area (Å²) in [4.78, 5) is 4.70. The van der Waals surface area contributed by atoms with Crippen molar-refractivity contribution in [2.45, 2.75) is 25.4 Å². The molecule has 0 aromatic carbocycles. The second-order valence-corrected chi connectivity index (χ2v) is 4.79. The van der Waals surface area contributed by atoms with E-state index in [1.807, 2.05) is 0 Å². The first-order valence-corrected chi connectivity index (χ1v) is 5.58. The van der Waals surface area contributed by atoms with Crippen molar-refractivity contribution in [2.24, 2.45) is 11.7 Å². The molecular weight excluding hydrogens is 188 g/mol. The van der Waals surface area contributed by atoms with E-state index in [4.69, 9.17) is 11.0 Å². The molecule has 3 atom stereocenters. The van der Waals surface area contributed by atoms with Crippen molar-refractivity contribution < 1.29 is 0 Å². The SMILES string of the molecule is CC1CN(CCC(N)C#N)CC1N(C)C. The molecule has 0 aromatic heterocycles. The van der Waals surface area contributed by atoms with Crippen molar-refractivity contribution in [2.75, 3.05) is 33.7 Å². The second kappa shape index (κ2) is 5.45. The van der Waals surface area contributed by atoms with Gasteiger partial charge < -0.3 is 15.5 Å². The quantitative estimate of drug-likeness (QED) is 0.715. The molecule has 0 radical (unpaired) electrons. The van der Waals surface area contributed by atoms with Crippen LogP contribution in [-0.4, -0.2) is 55.6 Å². The molecule has 4 heteroatoms. The number of nitriles is 1. The minimum Gasteiger partial charge on any atom is -0.316 e. The van der Waals surface area contributed by atoms with Crippen molar-refractivity contribution in [3.05, 3.63) is 0 Å². The summed E-state index contributed by atoms with van der Waals surface area (Å²) >= 11 is 0. The zero-order valence-corrected chi connectivity index (χ0v) is 9.98. The van der Waals surface area contributed by atoms with Crippen molar-refractivity contribution in [1.29, 1.82) is 5.26 Å². The van der Waals surface area contributed by atoms with E-state index >= 15 is 0 Å². The molecule has 1 saturated heterocycles. The van der Waals surface area contributed by atoms with Crippen LogP contribution >= 0.6 is 0 Å². The smallest absolute Gasteiger partial charge is 0.0940 e. The predicted molar refractivity (Wildman–Crippen MR) is 61.3 cm³/mol. The predicted octanol–water partition coefficient (Wildman–Crippen LogP) is 0.109. The highest BCUT2D eigenvalue weighted by molar-refractivity contribution is 4.90. The molecule has 1 fully saturated rings. The molecule has 1 heterocycles. The fraction of sp³-hybridized carbons (Fsp3) is 0.909. The number of hydrogen-bond acceptors (Lipinski definition) is 4. The third-order valence-electron chi connectivity index (χ3n) is 3.23. The van der Waals surface area contributed by atoms with Gasteiger partial charge in [0.1, 0.15) is 0 Å². The van der Waals surface area contributed by atoms with E-state index < -0.39 is 0 Å². The van der Waals surface area contributed by atoms with Crippen molar-refractivity contribution in [3.8, 4) is 6.07 Å². The first-order valence-electron chi connectivity index (χ1n) is 5.58. The average molecular weight is 210 g/mol. The Morgan fingerprint density at radius 2 is 2.20 bits per heavy atom. The topological polar surface area (TPSA) is 56.3 Å². The van der Waals surface area contributed by atoms with Gasteiger partial charge in [-0.15, -0.1) is 0 Å². The van der Waals surface area contributed by atoms with E-state index in [0.717, 1.165) is 26.1 Å². The second-order valence-electron chi connectivity index (χ2n) is 4.79. The van der Waals surface area contributed by atoms with E-state index in [2.05, 4.69) is 36.9 Å². The zero-order valence-electron chi connectivity index (χ0n) is 9.98. The van der Waals surface area contributed by atoms with Gasteiger partial charge in [0, 0.05) is 25.7 Å². The minimum atomic E-state index is -0.307. The summed E-state index contributed by atoms with van der Waals surface area (Å²) in [6.45, 7) is 5.46. The fourth-order valence-corrected chi connectivity index (χ4v) is 2.29. The number of nitrogens with zero attached hydrogens (tertiary/aromatic N) is 3. The van der Waals surface area contributed by atoms with Crippen molar-refractivity contribution in [3.63, 3.8) is 0 Å². The lowest BCUT2D eigenvalue weighted by atomic mass is 10.1. The normalized spacial score (nSPS) is 29.3. The zero-order chi connectivity index (χ0) is 11.4. The number of hydrogen-bond donors (Lipinski definition) is 1. The Labute approximate surface area is 92.6 Å². The fourth-order valence-electron chi connectivity index (χ4n) is 2.29. The highest BCUT2D eigenvalue weighted by Gasteiger charge is 2.30. The molecule has 0 aromatic rings. The van der Waals surface area contributed by atoms with Crippen LogP contribution in [0.4, 0.5) is 0 Å². The largest absolute Gasteiger partial charge is 0.316 e. The van der Waals surface area contributed by atoms with Crippen LogP contribution in [0.15, 0.2) is 0 Å². The molecule has 4 nitrogen and oxygen atoms in total. The summed E-state index contributed by atoms with van der Waals surface area (Å²) in [5.74, 6) is 0.707. The molecule has 0 bridgehead atoms. The van der Waals surface area contributed by atoms with Crippen LogP contribution in [0, 0.1) is 17.2 Å². The maximum absolute atomic E-state index is 8.60. The Hall–Kier alpha value is -0.630. The van der Waals surface area contributed by atoms with E-state index in [1.54, 1.807) is 0 Å². The van der Waals surface area contributed by atoms with Gasteiger partial charge in [-0.25, -0.2) is 0 Å². The summed E-state index contributed by atoms with van der Waals surface area (Å²) < 4.78 is 0. The van der Waals surface area contributed by atoms with Gasteiger partial charge in [0.05, 0.1) is 12.1 Å². The maximum Gasteiger partial charge on any atom is 0.0940 e. The van der Waals surface area contributed by atoms with Gasteiger partial charge in [0.2, 0.25) is 0 Å². The Kier molecular flexibility index (Phi) is 4.52. The van der Waals surface area contributed by atoms with Gasteiger partial charge in [-0.05, 0) is 26.4 Å². The van der Waals surface area contributed by atoms with Gasteiger partial charge in [-0.2, -0.15) is 5.26 Å². The summed E-state index contributed by atoms with van der Waals surface area (Å²) in [5, 5.41) is 8.60. The van der Waals surface area contributed by atoms with E-state index in [0.29, 0.717) is 12.0 Å². The van der Waals surface area contributed by atoms with Crippen molar-refractivity contribution in [1.82, 2.24) is 9.80 Å². The highest BCUT2D eigenvalue weighted by atomic mass is 15.2. The summed E-state index contributed by atoms with van der Waals surface area (Å²) in [5.41, 5.74) is 5.58. The minimum absolute atomic E-state index is 0.307. The molecule has 0 spiro atoms. The molecule has 1 rings (SSSR count). The number of rotatable bonds is 4. The molecule has 1 aliphatic rings. The summed E-state index contributed by atoms with van der Waals surface area (Å²) in [6, 6.07) is 2.41. The molecule has 3 unspecified atom stereocenters. The van der Waals surface area contributed by atoms with Crippen molar-refractivity contribution >= 4 is 0 Å². The van der Waals surface area contributed by atoms with Crippen LogP contribution in [0.5, 0.6) is 0 Å². The number of likely N-dealkylation sites (N-methyl/N-ethyl adjacent to an activating group) is 1. The molecular formula is C11H22N4. The van der Waals surface area contributed by atoms with E-state index in [9.17, 15) is 0 Å². The van der Waals surface area contributed by atoms with Crippen LogP contribution in [0.1, 0.15) is 13.3 Å². The lowest BCUT2D eigenvalue weighted by Gasteiger charge is -2.22. The highest BCUT2D eigenvalue weighted by Crippen LogP contribution is 2.19. The van der Waals surface area contributed by atoms with Gasteiger partial charge in [0.15, 0.2) is 0 Å². The van der Waals surface area contributed by atoms with E-state index in [1.165, 1.54) is 0 Å². The molecule has 86 valence electrons. The third-order valence-corrected chi connectivity index (χ3v) is 3.23. The first-order chi connectivity index (χ1) is 7.04. The van der Waals surface area contributed by atoms with Crippen LogP contribution in [0.2, 0.25) is 0 Å².